The molecule has 9 heavy (non-hydrogen) atoms. The van der Waals surface area contributed by atoms with Gasteiger partial charge in [-0.25, -0.2) is 0 Å². The van der Waals surface area contributed by atoms with E-state index < -0.39 is 0 Å². The summed E-state index contributed by atoms with van der Waals surface area (Å²) in [6.45, 7) is 4.56. The molecule has 0 aliphatic carbocycles. The maximum absolute atomic E-state index is 3.22. The minimum atomic E-state index is 0. The summed E-state index contributed by atoms with van der Waals surface area (Å²) in [5, 5.41) is 6.44. The minimum absolute atomic E-state index is 0. The van der Waals surface area contributed by atoms with Crippen LogP contribution in [0, 0.1) is 0 Å². The molecule has 1 rings (SSSR count). The molecule has 0 saturated carbocycles. The monoisotopic (exact) mass is 158 g/mol. The zero-order chi connectivity index (χ0) is 4.24. The van der Waals surface area contributed by atoms with Crippen molar-refractivity contribution in [1.29, 1.82) is 0 Å². The van der Waals surface area contributed by atoms with E-state index in [0.717, 1.165) is 26.2 Å². The average molecular weight is 158 g/mol. The van der Waals surface area contributed by atoms with Gasteiger partial charge in [0.2, 0.25) is 0 Å². The van der Waals surface area contributed by atoms with Crippen LogP contribution < -0.4 is 10.6 Å². The topological polar surface area (TPSA) is 24.1 Å². The first-order chi connectivity index (χ1) is 3.00. The van der Waals surface area contributed by atoms with Gasteiger partial charge in [-0.2, -0.15) is 0 Å². The van der Waals surface area contributed by atoms with Crippen LogP contribution in [0.5, 0.6) is 0 Å². The predicted molar refractivity (Wildman–Crippen MR) is 47.2 cm³/mol. The zero-order valence-electron chi connectivity index (χ0n) is 3.83. The number of nitrogens with one attached hydrogen (secondary N) is 2. The van der Waals surface area contributed by atoms with E-state index in [9.17, 15) is 0 Å². The molecule has 42 valence electrons. The Kier molecular flexibility index (Phi) is 26.8. The first-order valence-electron chi connectivity index (χ1n) is 2.41. The molecule has 0 atom stereocenters. The summed E-state index contributed by atoms with van der Waals surface area (Å²) in [6.07, 6.45) is 0. The Morgan fingerprint density at radius 2 is 0.778 bits per heavy atom. The summed E-state index contributed by atoms with van der Waals surface area (Å²) in [4.78, 5) is 0. The van der Waals surface area contributed by atoms with Crippen molar-refractivity contribution in [3.63, 3.8) is 0 Å². The van der Waals surface area contributed by atoms with Crippen molar-refractivity contribution >= 4 is 88.7 Å². The van der Waals surface area contributed by atoms with Crippen LogP contribution in [0.2, 0.25) is 0 Å². The zero-order valence-corrected chi connectivity index (χ0v) is 3.83. The quantitative estimate of drug-likeness (QED) is 0.373. The van der Waals surface area contributed by atoms with Gasteiger partial charge in [-0.3, -0.25) is 0 Å². The maximum atomic E-state index is 3.22. The summed E-state index contributed by atoms with van der Waals surface area (Å²) in [5.74, 6) is 0. The van der Waals surface area contributed by atoms with Gasteiger partial charge in [-0.1, -0.05) is 0 Å². The predicted octanol–water partition coefficient (Wildman–Crippen LogP) is -2.77. The molecule has 0 amide bonds. The Hall–Kier alpha value is 2.92. The van der Waals surface area contributed by atoms with Crippen LogP contribution in [-0.4, -0.2) is 115 Å². The molecule has 1 aliphatic heterocycles. The molecule has 0 radical (unpaired) electrons. The Morgan fingerprint density at radius 3 is 0.889 bits per heavy atom. The van der Waals surface area contributed by atoms with Crippen molar-refractivity contribution in [2.75, 3.05) is 26.2 Å². The van der Waals surface area contributed by atoms with E-state index >= 15 is 0 Å². The van der Waals surface area contributed by atoms with E-state index in [2.05, 4.69) is 10.6 Å². The van der Waals surface area contributed by atoms with Crippen molar-refractivity contribution in [3.05, 3.63) is 0 Å². The number of rotatable bonds is 0. The fourth-order valence-corrected chi connectivity index (χ4v) is 0.604. The summed E-state index contributed by atoms with van der Waals surface area (Å²) in [6, 6.07) is 0. The Bertz CT molecular complexity index is 29.3. The third-order valence-corrected chi connectivity index (χ3v) is 0.957. The molecule has 1 aliphatic rings. The van der Waals surface area contributed by atoms with Gasteiger partial charge in [-0.05, 0) is 0 Å². The molecular weight excluding hydrogens is 145 g/mol. The van der Waals surface area contributed by atoms with Crippen LogP contribution in [0.3, 0.4) is 0 Å². The number of hydrogen-bond donors (Lipinski definition) is 2. The van der Waals surface area contributed by atoms with Gasteiger partial charge >= 0.3 is 88.7 Å². The van der Waals surface area contributed by atoms with Crippen LogP contribution in [0.1, 0.15) is 0 Å². The molecule has 2 N–H and O–H groups in total. The van der Waals surface area contributed by atoms with Gasteiger partial charge in [0, 0.05) is 26.2 Å². The van der Waals surface area contributed by atoms with Gasteiger partial charge in [0.05, 0.1) is 0 Å². The molecule has 1 saturated heterocycles. The molecule has 0 unspecified atom stereocenters. The van der Waals surface area contributed by atoms with E-state index in [-0.39, 0.29) is 88.7 Å². The molecule has 1 fully saturated rings. The van der Waals surface area contributed by atoms with Gasteiger partial charge in [0.15, 0.2) is 0 Å². The van der Waals surface area contributed by atoms with E-state index in [1.54, 1.807) is 0 Å². The van der Waals surface area contributed by atoms with Crippen molar-refractivity contribution < 1.29 is 0 Å². The number of piperazine rings is 1. The molecule has 0 aromatic carbocycles. The third-order valence-electron chi connectivity index (χ3n) is 0.957. The average Bonchev–Trinajstić information content (AvgIpc) is 1.72. The molecular formula is C4H13N2Na3. The molecule has 2 nitrogen and oxygen atoms in total. The van der Waals surface area contributed by atoms with Crippen LogP contribution in [-0.2, 0) is 0 Å². The second-order valence-electron chi connectivity index (χ2n) is 1.50. The van der Waals surface area contributed by atoms with E-state index in [4.69, 9.17) is 0 Å². The summed E-state index contributed by atoms with van der Waals surface area (Å²) < 4.78 is 0. The van der Waals surface area contributed by atoms with Crippen molar-refractivity contribution in [2.24, 2.45) is 0 Å². The summed E-state index contributed by atoms with van der Waals surface area (Å²) in [7, 11) is 0. The van der Waals surface area contributed by atoms with Crippen molar-refractivity contribution in [1.82, 2.24) is 10.6 Å². The normalized spacial score (nSPS) is 16.0. The second-order valence-corrected chi connectivity index (χ2v) is 1.50. The molecule has 1 heterocycles. The summed E-state index contributed by atoms with van der Waals surface area (Å²) in [5.41, 5.74) is 0. The Labute approximate surface area is 123 Å². The standard InChI is InChI=1S/C4H10N2.3Na.3H/c1-2-6-4-3-5-1;;;;;;/h5-6H,1-4H2;;;;;;. The van der Waals surface area contributed by atoms with Crippen LogP contribution in [0.15, 0.2) is 0 Å². The Balaban J connectivity index is -0.000000120. The molecule has 0 aromatic rings. The summed E-state index contributed by atoms with van der Waals surface area (Å²) >= 11 is 0. The molecule has 0 aromatic heterocycles. The van der Waals surface area contributed by atoms with Crippen molar-refractivity contribution in [2.45, 2.75) is 0 Å². The molecule has 5 heteroatoms. The van der Waals surface area contributed by atoms with Crippen LogP contribution in [0.4, 0.5) is 0 Å². The second kappa shape index (κ2) is 13.5. The van der Waals surface area contributed by atoms with E-state index in [0.29, 0.717) is 0 Å². The number of hydrogen-bond acceptors (Lipinski definition) is 2. The first kappa shape index (κ1) is 17.9. The third kappa shape index (κ3) is 10.9. The van der Waals surface area contributed by atoms with Crippen molar-refractivity contribution in [3.8, 4) is 0 Å². The fraction of sp³-hybridized carbons (Fsp3) is 1.00. The van der Waals surface area contributed by atoms with Gasteiger partial charge < -0.3 is 10.6 Å². The van der Waals surface area contributed by atoms with E-state index in [1.807, 2.05) is 0 Å². The van der Waals surface area contributed by atoms with Crippen LogP contribution >= 0.6 is 0 Å². The molecule has 0 bridgehead atoms. The first-order valence-corrected chi connectivity index (χ1v) is 2.41. The SMILES string of the molecule is C1CNCCN1.[NaH].[NaH].[NaH]. The van der Waals surface area contributed by atoms with Gasteiger partial charge in [0.25, 0.3) is 0 Å². The Morgan fingerprint density at radius 1 is 0.556 bits per heavy atom. The van der Waals surface area contributed by atoms with Gasteiger partial charge in [-0.15, -0.1) is 0 Å². The fourth-order valence-electron chi connectivity index (χ4n) is 0.604. The molecule has 0 spiro atoms. The van der Waals surface area contributed by atoms with E-state index in [1.165, 1.54) is 0 Å². The van der Waals surface area contributed by atoms with Gasteiger partial charge in [0.1, 0.15) is 0 Å². The van der Waals surface area contributed by atoms with Crippen LogP contribution in [0.25, 0.3) is 0 Å².